The molecule has 3 heteroatoms. The zero-order valence-corrected chi connectivity index (χ0v) is 12.2. The van der Waals surface area contributed by atoms with Gasteiger partial charge in [0, 0.05) is 11.9 Å². The third-order valence-corrected chi connectivity index (χ3v) is 4.39. The summed E-state index contributed by atoms with van der Waals surface area (Å²) < 4.78 is 18.8. The van der Waals surface area contributed by atoms with Crippen LogP contribution in [0.25, 0.3) is 0 Å². The molecule has 0 radical (unpaired) electrons. The van der Waals surface area contributed by atoms with Gasteiger partial charge >= 0.3 is 0 Å². The van der Waals surface area contributed by atoms with Crippen LogP contribution in [-0.2, 0) is 4.74 Å². The van der Waals surface area contributed by atoms with Crippen molar-refractivity contribution in [3.05, 3.63) is 35.6 Å². The van der Waals surface area contributed by atoms with Crippen molar-refractivity contribution in [3.8, 4) is 0 Å². The zero-order chi connectivity index (χ0) is 12.8. The molecule has 0 aromatic heterocycles. The van der Waals surface area contributed by atoms with E-state index < -0.39 is 0 Å². The largest absolute Gasteiger partial charge is 0.378 e. The third kappa shape index (κ3) is 4.06. The molecule has 1 aromatic rings. The van der Waals surface area contributed by atoms with Gasteiger partial charge in [0.25, 0.3) is 0 Å². The second-order valence-electron chi connectivity index (χ2n) is 4.97. The summed E-state index contributed by atoms with van der Waals surface area (Å²) in [4.78, 5) is 0. The van der Waals surface area contributed by atoms with Crippen LogP contribution in [0.4, 0.5) is 4.39 Å². The van der Waals surface area contributed by atoms with Gasteiger partial charge in [0.1, 0.15) is 5.82 Å². The van der Waals surface area contributed by atoms with Gasteiger partial charge in [-0.3, -0.25) is 0 Å². The van der Waals surface area contributed by atoms with E-state index in [1.54, 1.807) is 12.1 Å². The number of benzene rings is 1. The lowest BCUT2D eigenvalue weighted by Gasteiger charge is -2.16. The molecule has 1 aromatic carbocycles. The maximum Gasteiger partial charge on any atom is 0.123 e. The van der Waals surface area contributed by atoms with Gasteiger partial charge < -0.3 is 4.74 Å². The van der Waals surface area contributed by atoms with E-state index in [9.17, 15) is 4.39 Å². The molecule has 1 heterocycles. The molecule has 2 unspecified atom stereocenters. The van der Waals surface area contributed by atoms with Gasteiger partial charge in [-0.15, -0.1) is 0 Å². The summed E-state index contributed by atoms with van der Waals surface area (Å²) in [5, 5.41) is 0.891. The molecular formula is C15H20BrFO. The summed E-state index contributed by atoms with van der Waals surface area (Å²) in [6, 6.07) is 6.96. The number of hydrogen-bond donors (Lipinski definition) is 0. The first kappa shape index (κ1) is 14.0. The van der Waals surface area contributed by atoms with Crippen LogP contribution in [0.1, 0.15) is 43.6 Å². The highest BCUT2D eigenvalue weighted by molar-refractivity contribution is 9.09. The van der Waals surface area contributed by atoms with Gasteiger partial charge in [0.15, 0.2) is 0 Å². The normalized spacial score (nSPS) is 21.1. The molecular weight excluding hydrogens is 295 g/mol. The third-order valence-electron chi connectivity index (χ3n) is 3.61. The lowest BCUT2D eigenvalue weighted by molar-refractivity contribution is 0.102. The number of ether oxygens (including phenoxy) is 1. The van der Waals surface area contributed by atoms with Crippen molar-refractivity contribution >= 4 is 15.9 Å². The zero-order valence-electron chi connectivity index (χ0n) is 10.6. The highest BCUT2D eigenvalue weighted by atomic mass is 79.9. The average molecular weight is 315 g/mol. The fourth-order valence-electron chi connectivity index (χ4n) is 2.56. The minimum absolute atomic E-state index is 0.141. The van der Waals surface area contributed by atoms with Gasteiger partial charge in [0.05, 0.1) is 6.10 Å². The maximum atomic E-state index is 13.2. The lowest BCUT2D eigenvalue weighted by atomic mass is 9.94. The Balaban J connectivity index is 1.81. The fourth-order valence-corrected chi connectivity index (χ4v) is 3.25. The van der Waals surface area contributed by atoms with Crippen LogP contribution in [0.15, 0.2) is 24.3 Å². The number of rotatable bonds is 6. The molecule has 0 N–H and O–H groups in total. The molecule has 0 aliphatic carbocycles. The first-order valence-corrected chi connectivity index (χ1v) is 7.85. The van der Waals surface area contributed by atoms with Crippen LogP contribution >= 0.6 is 15.9 Å². The van der Waals surface area contributed by atoms with Gasteiger partial charge in [-0.05, 0) is 49.3 Å². The molecule has 18 heavy (non-hydrogen) atoms. The van der Waals surface area contributed by atoms with E-state index in [0.29, 0.717) is 12.0 Å². The minimum atomic E-state index is -0.141. The molecule has 2 atom stereocenters. The lowest BCUT2D eigenvalue weighted by Crippen LogP contribution is -2.07. The maximum absolute atomic E-state index is 13.2. The summed E-state index contributed by atoms with van der Waals surface area (Å²) >= 11 is 3.54. The molecule has 0 bridgehead atoms. The van der Waals surface area contributed by atoms with Crippen molar-refractivity contribution in [2.75, 3.05) is 11.9 Å². The van der Waals surface area contributed by atoms with Gasteiger partial charge in [-0.2, -0.15) is 0 Å². The van der Waals surface area contributed by atoms with Crippen molar-refractivity contribution in [2.45, 2.75) is 44.1 Å². The first-order valence-electron chi connectivity index (χ1n) is 6.72. The summed E-state index contributed by atoms with van der Waals surface area (Å²) in [6.07, 6.45) is 6.26. The first-order chi connectivity index (χ1) is 8.79. The fraction of sp³-hybridized carbons (Fsp3) is 0.600. The number of hydrogen-bond acceptors (Lipinski definition) is 1. The van der Waals surface area contributed by atoms with Gasteiger partial charge in [-0.25, -0.2) is 4.39 Å². The second-order valence-corrected chi connectivity index (χ2v) is 5.62. The van der Waals surface area contributed by atoms with Gasteiger partial charge in [0.2, 0.25) is 0 Å². The Bertz CT molecular complexity index is 363. The highest BCUT2D eigenvalue weighted by Crippen LogP contribution is 2.26. The Hall–Kier alpha value is -0.410. The second kappa shape index (κ2) is 7.25. The Morgan fingerprint density at radius 3 is 3.00 bits per heavy atom. The standard InChI is InChI=1S/C15H20BrFO/c16-11-13(12-4-1-6-14(17)10-12)5-2-7-15-8-3-9-18-15/h1,4,6,10,13,15H,2-3,5,7-9,11H2. The number of alkyl halides is 1. The SMILES string of the molecule is Fc1cccc(C(CBr)CCCC2CCCO2)c1. The molecule has 1 aliphatic heterocycles. The van der Waals surface area contributed by atoms with Gasteiger partial charge in [-0.1, -0.05) is 34.5 Å². The summed E-state index contributed by atoms with van der Waals surface area (Å²) in [7, 11) is 0. The van der Waals surface area contributed by atoms with E-state index >= 15 is 0 Å². The van der Waals surface area contributed by atoms with Crippen LogP contribution in [0, 0.1) is 5.82 Å². The molecule has 1 nitrogen and oxygen atoms in total. The topological polar surface area (TPSA) is 9.23 Å². The van der Waals surface area contributed by atoms with Crippen molar-refractivity contribution in [1.29, 1.82) is 0 Å². The Labute approximate surface area is 117 Å². The van der Waals surface area contributed by atoms with Crippen LogP contribution in [0.2, 0.25) is 0 Å². The van der Waals surface area contributed by atoms with Crippen LogP contribution in [0.3, 0.4) is 0 Å². The predicted octanol–water partition coefficient (Wildman–Crippen LogP) is 4.65. The van der Waals surface area contributed by atoms with Crippen molar-refractivity contribution in [2.24, 2.45) is 0 Å². The molecule has 1 fully saturated rings. The molecule has 0 saturated carbocycles. The smallest absolute Gasteiger partial charge is 0.123 e. The molecule has 100 valence electrons. The predicted molar refractivity (Wildman–Crippen MR) is 75.8 cm³/mol. The Morgan fingerprint density at radius 2 is 2.33 bits per heavy atom. The Morgan fingerprint density at radius 1 is 1.44 bits per heavy atom. The van der Waals surface area contributed by atoms with Crippen LogP contribution in [0.5, 0.6) is 0 Å². The molecule has 0 amide bonds. The summed E-state index contributed by atoms with van der Waals surface area (Å²) in [6.45, 7) is 0.927. The van der Waals surface area contributed by atoms with Crippen molar-refractivity contribution < 1.29 is 9.13 Å². The van der Waals surface area contributed by atoms with E-state index in [2.05, 4.69) is 15.9 Å². The molecule has 0 spiro atoms. The van der Waals surface area contributed by atoms with Crippen molar-refractivity contribution in [1.82, 2.24) is 0 Å². The molecule has 2 rings (SSSR count). The van der Waals surface area contributed by atoms with E-state index in [-0.39, 0.29) is 5.82 Å². The van der Waals surface area contributed by atoms with Crippen LogP contribution in [-0.4, -0.2) is 18.0 Å². The number of halogens is 2. The van der Waals surface area contributed by atoms with Crippen LogP contribution < -0.4 is 0 Å². The quantitative estimate of drug-likeness (QED) is 0.694. The molecule has 1 saturated heterocycles. The summed E-state index contributed by atoms with van der Waals surface area (Å²) in [5.74, 6) is 0.264. The molecule has 1 aliphatic rings. The van der Waals surface area contributed by atoms with Crippen molar-refractivity contribution in [3.63, 3.8) is 0 Å². The summed E-state index contributed by atoms with van der Waals surface area (Å²) in [5.41, 5.74) is 1.10. The van der Waals surface area contributed by atoms with E-state index in [1.165, 1.54) is 18.9 Å². The van der Waals surface area contributed by atoms with E-state index in [0.717, 1.165) is 36.8 Å². The average Bonchev–Trinajstić information content (AvgIpc) is 2.88. The minimum Gasteiger partial charge on any atom is -0.378 e. The Kier molecular flexibility index (Phi) is 5.64. The highest BCUT2D eigenvalue weighted by Gasteiger charge is 2.16. The van der Waals surface area contributed by atoms with E-state index in [4.69, 9.17) is 4.74 Å². The van der Waals surface area contributed by atoms with E-state index in [1.807, 2.05) is 6.07 Å². The monoisotopic (exact) mass is 314 g/mol.